The van der Waals surface area contributed by atoms with Crippen LogP contribution in [0.25, 0.3) is 22.8 Å². The van der Waals surface area contributed by atoms with Gasteiger partial charge >= 0.3 is 0 Å². The SMILES string of the molecule is C(=C1CC[n+]2ccccc21)c1ccc2c(c1)Cc1ccccc1-2.[Br-]. The second-order valence-electron chi connectivity index (χ2n) is 6.45. The third kappa shape index (κ3) is 2.42. The summed E-state index contributed by atoms with van der Waals surface area (Å²) in [7, 11) is 0. The van der Waals surface area contributed by atoms with E-state index in [4.69, 9.17) is 0 Å². The number of hydrogen-bond acceptors (Lipinski definition) is 0. The quantitative estimate of drug-likeness (QED) is 0.444. The second-order valence-corrected chi connectivity index (χ2v) is 6.45. The van der Waals surface area contributed by atoms with E-state index in [0.29, 0.717) is 0 Å². The maximum absolute atomic E-state index is 2.37. The van der Waals surface area contributed by atoms with Gasteiger partial charge in [-0.15, -0.1) is 0 Å². The third-order valence-corrected chi connectivity index (χ3v) is 5.05. The average molecular weight is 376 g/mol. The highest BCUT2D eigenvalue weighted by Crippen LogP contribution is 2.37. The molecule has 1 aromatic heterocycles. The minimum absolute atomic E-state index is 0. The van der Waals surface area contributed by atoms with E-state index in [2.05, 4.69) is 77.5 Å². The van der Waals surface area contributed by atoms with Crippen molar-refractivity contribution < 1.29 is 21.5 Å². The van der Waals surface area contributed by atoms with Crippen molar-refractivity contribution in [3.63, 3.8) is 0 Å². The van der Waals surface area contributed by atoms with Crippen LogP contribution in [0, 0.1) is 0 Å². The van der Waals surface area contributed by atoms with E-state index in [1.165, 1.54) is 39.1 Å². The highest BCUT2D eigenvalue weighted by atomic mass is 79.9. The van der Waals surface area contributed by atoms with Crippen LogP contribution >= 0.6 is 0 Å². The molecule has 24 heavy (non-hydrogen) atoms. The summed E-state index contributed by atoms with van der Waals surface area (Å²) in [5, 5.41) is 0. The Morgan fingerprint density at radius 3 is 2.62 bits per heavy atom. The van der Waals surface area contributed by atoms with Gasteiger partial charge in [-0.3, -0.25) is 0 Å². The summed E-state index contributed by atoms with van der Waals surface area (Å²) in [6.07, 6.45) is 6.73. The van der Waals surface area contributed by atoms with E-state index in [1.54, 1.807) is 0 Å². The minimum Gasteiger partial charge on any atom is -1.00 e. The molecule has 0 N–H and O–H groups in total. The first-order valence-electron chi connectivity index (χ1n) is 8.29. The molecule has 0 radical (unpaired) electrons. The van der Waals surface area contributed by atoms with Crippen LogP contribution in [0.2, 0.25) is 0 Å². The van der Waals surface area contributed by atoms with E-state index in [1.807, 2.05) is 0 Å². The predicted octanol–water partition coefficient (Wildman–Crippen LogP) is 1.49. The molecule has 1 nitrogen and oxygen atoms in total. The predicted molar refractivity (Wildman–Crippen MR) is 93.8 cm³/mol. The average Bonchev–Trinajstić information content (AvgIpc) is 3.16. The lowest BCUT2D eigenvalue weighted by Crippen LogP contribution is -3.00. The number of aryl methyl sites for hydroxylation is 1. The van der Waals surface area contributed by atoms with Crippen molar-refractivity contribution in [2.45, 2.75) is 19.4 Å². The zero-order valence-electron chi connectivity index (χ0n) is 13.4. The molecule has 5 rings (SSSR count). The van der Waals surface area contributed by atoms with Gasteiger partial charge in [0.05, 0.1) is 0 Å². The maximum Gasteiger partial charge on any atom is 0.208 e. The topological polar surface area (TPSA) is 3.88 Å². The zero-order valence-corrected chi connectivity index (χ0v) is 15.0. The Bertz CT molecular complexity index is 956. The van der Waals surface area contributed by atoms with Crippen LogP contribution in [0.15, 0.2) is 66.9 Å². The summed E-state index contributed by atoms with van der Waals surface area (Å²) in [5.74, 6) is 0. The molecular formula is C22H18BrN. The Kier molecular flexibility index (Phi) is 3.85. The van der Waals surface area contributed by atoms with Crippen molar-refractivity contribution in [1.29, 1.82) is 0 Å². The fourth-order valence-corrected chi connectivity index (χ4v) is 3.93. The lowest BCUT2D eigenvalue weighted by Gasteiger charge is -2.03. The summed E-state index contributed by atoms with van der Waals surface area (Å²) >= 11 is 0. The maximum atomic E-state index is 2.37. The molecule has 0 unspecified atom stereocenters. The van der Waals surface area contributed by atoms with E-state index >= 15 is 0 Å². The fraction of sp³-hybridized carbons (Fsp3) is 0.136. The number of halogens is 1. The largest absolute Gasteiger partial charge is 1.00 e. The summed E-state index contributed by atoms with van der Waals surface area (Å²) in [4.78, 5) is 0. The van der Waals surface area contributed by atoms with Gasteiger partial charge in [-0.05, 0) is 46.4 Å². The minimum atomic E-state index is 0. The Balaban J connectivity index is 0.00000146. The zero-order chi connectivity index (χ0) is 15.2. The molecule has 2 heteroatoms. The van der Waals surface area contributed by atoms with E-state index < -0.39 is 0 Å². The number of fused-ring (bicyclic) bond motifs is 4. The highest BCUT2D eigenvalue weighted by Gasteiger charge is 2.23. The third-order valence-electron chi connectivity index (χ3n) is 5.05. The summed E-state index contributed by atoms with van der Waals surface area (Å²) in [6.45, 7) is 1.10. The summed E-state index contributed by atoms with van der Waals surface area (Å²) < 4.78 is 2.34. The van der Waals surface area contributed by atoms with Crippen LogP contribution in [0.1, 0.15) is 28.8 Å². The monoisotopic (exact) mass is 375 g/mol. The van der Waals surface area contributed by atoms with Crippen molar-refractivity contribution in [3.05, 3.63) is 89.2 Å². The Labute approximate surface area is 153 Å². The summed E-state index contributed by atoms with van der Waals surface area (Å²) in [5.41, 5.74) is 9.85. The van der Waals surface area contributed by atoms with Crippen LogP contribution in [0.3, 0.4) is 0 Å². The molecule has 0 saturated carbocycles. The second kappa shape index (κ2) is 6.03. The van der Waals surface area contributed by atoms with Gasteiger partial charge in [-0.25, -0.2) is 0 Å². The lowest BCUT2D eigenvalue weighted by atomic mass is 10.0. The smallest absolute Gasteiger partial charge is 0.208 e. The van der Waals surface area contributed by atoms with Crippen molar-refractivity contribution in [2.24, 2.45) is 0 Å². The number of benzene rings is 2. The van der Waals surface area contributed by atoms with Crippen molar-refractivity contribution >= 4 is 11.6 Å². The Morgan fingerprint density at radius 2 is 1.67 bits per heavy atom. The number of rotatable bonds is 1. The Hall–Kier alpha value is -2.19. The van der Waals surface area contributed by atoms with Crippen LogP contribution in [0.5, 0.6) is 0 Å². The van der Waals surface area contributed by atoms with Gasteiger partial charge in [0.15, 0.2) is 12.7 Å². The molecule has 3 aromatic rings. The van der Waals surface area contributed by atoms with Crippen LogP contribution in [-0.2, 0) is 13.0 Å². The van der Waals surface area contributed by atoms with Crippen LogP contribution < -0.4 is 21.5 Å². The molecule has 0 fully saturated rings. The van der Waals surface area contributed by atoms with Gasteiger partial charge < -0.3 is 17.0 Å². The standard InChI is InChI=1S/C22H18N.BrH/c1-2-6-20-17(5-1)15-19-14-16(8-9-21(19)20)13-18-10-12-23-11-4-3-7-22(18)23;/h1-9,11,13-14H,10,12,15H2;1H/q+1;/p-1. The molecular weight excluding hydrogens is 358 g/mol. The lowest BCUT2D eigenvalue weighted by molar-refractivity contribution is -0.689. The molecule has 0 spiro atoms. The van der Waals surface area contributed by atoms with E-state index in [9.17, 15) is 0 Å². The molecule has 1 aliphatic heterocycles. The number of pyridine rings is 1. The molecule has 2 heterocycles. The molecule has 118 valence electrons. The molecule has 0 atom stereocenters. The van der Waals surface area contributed by atoms with Gasteiger partial charge in [-0.2, -0.15) is 4.57 Å². The van der Waals surface area contributed by atoms with Gasteiger partial charge in [-0.1, -0.05) is 42.5 Å². The molecule has 2 aliphatic rings. The van der Waals surface area contributed by atoms with E-state index in [-0.39, 0.29) is 17.0 Å². The number of hydrogen-bond donors (Lipinski definition) is 0. The molecule has 0 saturated heterocycles. The molecule has 0 bridgehead atoms. The van der Waals surface area contributed by atoms with Crippen LogP contribution in [0.4, 0.5) is 0 Å². The van der Waals surface area contributed by atoms with Gasteiger partial charge in [0.2, 0.25) is 5.69 Å². The van der Waals surface area contributed by atoms with Gasteiger partial charge in [0, 0.05) is 24.1 Å². The number of nitrogens with zero attached hydrogens (tertiary/aromatic N) is 1. The fourth-order valence-electron chi connectivity index (χ4n) is 3.93. The van der Waals surface area contributed by atoms with Crippen LogP contribution in [-0.4, -0.2) is 0 Å². The molecule has 1 aliphatic carbocycles. The van der Waals surface area contributed by atoms with Crippen molar-refractivity contribution in [1.82, 2.24) is 0 Å². The van der Waals surface area contributed by atoms with Gasteiger partial charge in [0.1, 0.15) is 0 Å². The first kappa shape index (κ1) is 15.3. The van der Waals surface area contributed by atoms with Crippen molar-refractivity contribution in [3.8, 4) is 11.1 Å². The normalized spacial score (nSPS) is 15.6. The highest BCUT2D eigenvalue weighted by molar-refractivity contribution is 5.83. The number of aromatic nitrogens is 1. The first-order valence-corrected chi connectivity index (χ1v) is 8.29. The Morgan fingerprint density at radius 1 is 0.833 bits per heavy atom. The molecule has 2 aromatic carbocycles. The number of allylic oxidation sites excluding steroid dienone is 1. The molecule has 0 amide bonds. The van der Waals surface area contributed by atoms with Gasteiger partial charge in [0.25, 0.3) is 0 Å². The summed E-state index contributed by atoms with van der Waals surface area (Å²) in [6, 6.07) is 22.2. The first-order chi connectivity index (χ1) is 11.4. The van der Waals surface area contributed by atoms with E-state index in [0.717, 1.165) is 19.4 Å². The van der Waals surface area contributed by atoms with Crippen molar-refractivity contribution in [2.75, 3.05) is 0 Å².